The smallest absolute Gasteiger partial charge is 0.336 e. The van der Waals surface area contributed by atoms with Gasteiger partial charge >= 0.3 is 5.97 Å². The van der Waals surface area contributed by atoms with Crippen molar-refractivity contribution in [2.75, 3.05) is 17.8 Å². The minimum atomic E-state index is -0.960. The van der Waals surface area contributed by atoms with Crippen molar-refractivity contribution in [3.63, 3.8) is 0 Å². The van der Waals surface area contributed by atoms with Crippen LogP contribution in [0.5, 0.6) is 0 Å². The van der Waals surface area contributed by atoms with Gasteiger partial charge in [0.1, 0.15) is 5.82 Å². The normalized spacial score (nSPS) is 12.5. The van der Waals surface area contributed by atoms with Crippen LogP contribution in [0.3, 0.4) is 0 Å². The quantitative estimate of drug-likeness (QED) is 0.0969. The van der Waals surface area contributed by atoms with Crippen molar-refractivity contribution in [3.8, 4) is 11.1 Å². The molecule has 0 aliphatic heterocycles. The number of fused-ring (bicyclic) bond motifs is 1. The number of nitrogens with one attached hydrogen (secondary N) is 1. The predicted molar refractivity (Wildman–Crippen MR) is 206 cm³/mol. The number of aryl methyl sites for hydroxylation is 2. The van der Waals surface area contributed by atoms with E-state index in [1.165, 1.54) is 11.8 Å². The fraction of sp³-hybridized carbons (Fsp3) is 0.300. The highest BCUT2D eigenvalue weighted by atomic mass is 32.2. The van der Waals surface area contributed by atoms with Crippen molar-refractivity contribution in [2.45, 2.75) is 58.2 Å². The van der Waals surface area contributed by atoms with Gasteiger partial charge < -0.3 is 20.7 Å². The minimum absolute atomic E-state index is 0.0601. The molecule has 0 saturated carbocycles. The summed E-state index contributed by atoms with van der Waals surface area (Å²) in [4.78, 5) is 43.5. The first kappa shape index (κ1) is 36.9. The molecule has 0 spiro atoms. The van der Waals surface area contributed by atoms with E-state index in [4.69, 9.17) is 10.7 Å². The molecule has 4 aromatic carbocycles. The molecule has 50 heavy (non-hydrogen) atoms. The Balaban J connectivity index is 1.41. The zero-order chi connectivity index (χ0) is 35.6. The number of thioether (sulfide) groups is 2. The number of amides is 1. The summed E-state index contributed by atoms with van der Waals surface area (Å²) in [7, 11) is 0. The van der Waals surface area contributed by atoms with Gasteiger partial charge in [0.2, 0.25) is 5.12 Å². The molecule has 4 N–H and O–H groups in total. The van der Waals surface area contributed by atoms with Gasteiger partial charge in [-0.3, -0.25) is 9.59 Å². The van der Waals surface area contributed by atoms with E-state index in [1.807, 2.05) is 92.0 Å². The van der Waals surface area contributed by atoms with Crippen LogP contribution in [0.15, 0.2) is 91.0 Å². The van der Waals surface area contributed by atoms with E-state index in [2.05, 4.69) is 16.8 Å². The molecule has 0 bridgehead atoms. The van der Waals surface area contributed by atoms with E-state index in [0.717, 1.165) is 57.7 Å². The van der Waals surface area contributed by atoms with Gasteiger partial charge in [-0.05, 0) is 84.2 Å². The number of rotatable bonds is 16. The highest BCUT2D eigenvalue weighted by Crippen LogP contribution is 2.27. The van der Waals surface area contributed by atoms with E-state index >= 15 is 0 Å². The highest BCUT2D eigenvalue weighted by Gasteiger charge is 2.22. The van der Waals surface area contributed by atoms with Gasteiger partial charge in [0.05, 0.1) is 22.6 Å². The van der Waals surface area contributed by atoms with Crippen LogP contribution >= 0.6 is 23.5 Å². The SMILES string of the molecule is CCCc1nc2c(C)cc(C(=O)NC(CSC(=O)C(N)CCSC)Cc3ccccc3)cc2n1Cc1ccc(-c2ccccc2C(=O)O)cc1. The molecule has 8 nitrogen and oxygen atoms in total. The van der Waals surface area contributed by atoms with Crippen molar-refractivity contribution in [1.82, 2.24) is 14.9 Å². The van der Waals surface area contributed by atoms with Gasteiger partial charge in [-0.1, -0.05) is 91.5 Å². The molecule has 1 heterocycles. The van der Waals surface area contributed by atoms with Crippen molar-refractivity contribution >= 4 is 51.5 Å². The minimum Gasteiger partial charge on any atom is -0.478 e. The Hall–Kier alpha value is -4.38. The molecule has 0 saturated heterocycles. The number of hydrogen-bond donors (Lipinski definition) is 3. The van der Waals surface area contributed by atoms with Crippen LogP contribution in [-0.2, 0) is 24.2 Å². The second-order valence-electron chi connectivity index (χ2n) is 12.5. The summed E-state index contributed by atoms with van der Waals surface area (Å²) in [5.74, 6) is 1.01. The van der Waals surface area contributed by atoms with Gasteiger partial charge in [0.25, 0.3) is 5.91 Å². The summed E-state index contributed by atoms with van der Waals surface area (Å²) in [6.07, 6.45) is 4.90. The zero-order valence-corrected chi connectivity index (χ0v) is 30.4. The number of aromatic carboxylic acids is 1. The third-order valence-corrected chi connectivity index (χ3v) is 10.4. The summed E-state index contributed by atoms with van der Waals surface area (Å²) in [5, 5.41) is 12.8. The molecule has 5 rings (SSSR count). The van der Waals surface area contributed by atoms with Crippen molar-refractivity contribution in [1.29, 1.82) is 0 Å². The van der Waals surface area contributed by atoms with Gasteiger partial charge in [-0.2, -0.15) is 11.8 Å². The molecule has 0 aliphatic rings. The molecular weight excluding hydrogens is 665 g/mol. The number of benzene rings is 4. The Morgan fingerprint density at radius 3 is 2.38 bits per heavy atom. The second-order valence-corrected chi connectivity index (χ2v) is 14.5. The number of nitrogens with zero attached hydrogens (tertiary/aromatic N) is 2. The number of aromatic nitrogens is 2. The molecule has 10 heteroatoms. The standard InChI is InChI=1S/C40H44N4O4S2/c1-4-10-36-43-37-26(2)21-30(38(45)42-31(22-27-11-6-5-7-12-27)25-50-40(48)34(41)19-20-49-3)23-35(37)44(36)24-28-15-17-29(18-16-28)32-13-8-9-14-33(32)39(46)47/h5-9,11-18,21,23,31,34H,4,10,19-20,22,24-25,41H2,1-3H3,(H,42,45)(H,46,47). The number of carbonyl (C=O) groups is 3. The predicted octanol–water partition coefficient (Wildman–Crippen LogP) is 7.39. The summed E-state index contributed by atoms with van der Waals surface area (Å²) in [6, 6.07) is 27.9. The van der Waals surface area contributed by atoms with E-state index in [-0.39, 0.29) is 22.6 Å². The van der Waals surface area contributed by atoms with Crippen LogP contribution < -0.4 is 11.1 Å². The van der Waals surface area contributed by atoms with Gasteiger partial charge in [0, 0.05) is 30.3 Å². The summed E-state index contributed by atoms with van der Waals surface area (Å²) in [6.45, 7) is 4.64. The maximum Gasteiger partial charge on any atom is 0.336 e. The third kappa shape index (κ3) is 9.24. The van der Waals surface area contributed by atoms with Crippen molar-refractivity contribution < 1.29 is 19.5 Å². The number of hydrogen-bond acceptors (Lipinski definition) is 7. The summed E-state index contributed by atoms with van der Waals surface area (Å²) < 4.78 is 2.18. The van der Waals surface area contributed by atoms with Gasteiger partial charge in [-0.25, -0.2) is 9.78 Å². The third-order valence-electron chi connectivity index (χ3n) is 8.65. The summed E-state index contributed by atoms with van der Waals surface area (Å²) >= 11 is 2.85. The zero-order valence-electron chi connectivity index (χ0n) is 28.7. The Labute approximate surface area is 302 Å². The average Bonchev–Trinajstić information content (AvgIpc) is 3.47. The molecule has 1 aromatic heterocycles. The topological polar surface area (TPSA) is 127 Å². The lowest BCUT2D eigenvalue weighted by molar-refractivity contribution is -0.112. The van der Waals surface area contributed by atoms with Crippen LogP contribution in [0.2, 0.25) is 0 Å². The van der Waals surface area contributed by atoms with Crippen LogP contribution in [0.25, 0.3) is 22.2 Å². The Morgan fingerprint density at radius 2 is 1.68 bits per heavy atom. The number of nitrogens with two attached hydrogens (primary N) is 1. The van der Waals surface area contributed by atoms with E-state index in [1.54, 1.807) is 23.9 Å². The molecule has 1 amide bonds. The highest BCUT2D eigenvalue weighted by molar-refractivity contribution is 8.13. The molecule has 2 unspecified atom stereocenters. The first-order valence-electron chi connectivity index (χ1n) is 16.9. The van der Waals surface area contributed by atoms with E-state index < -0.39 is 12.0 Å². The average molecular weight is 709 g/mol. The number of imidazole rings is 1. The maximum atomic E-state index is 13.9. The van der Waals surface area contributed by atoms with E-state index in [0.29, 0.717) is 36.3 Å². The first-order chi connectivity index (χ1) is 24.2. The van der Waals surface area contributed by atoms with Crippen molar-refractivity contribution in [2.24, 2.45) is 5.73 Å². The van der Waals surface area contributed by atoms with E-state index in [9.17, 15) is 19.5 Å². The Kier molecular flexibility index (Phi) is 12.9. The van der Waals surface area contributed by atoms with Gasteiger partial charge in [-0.15, -0.1) is 0 Å². The Morgan fingerprint density at radius 1 is 0.960 bits per heavy atom. The van der Waals surface area contributed by atoms with Gasteiger partial charge in [0.15, 0.2) is 0 Å². The van der Waals surface area contributed by atoms with Crippen molar-refractivity contribution in [3.05, 3.63) is 125 Å². The molecule has 0 radical (unpaired) electrons. The Bertz CT molecular complexity index is 1940. The largest absolute Gasteiger partial charge is 0.478 e. The fourth-order valence-electron chi connectivity index (χ4n) is 6.03. The first-order valence-corrected chi connectivity index (χ1v) is 19.2. The number of carboxylic acids is 1. The fourth-order valence-corrected chi connectivity index (χ4v) is 7.42. The molecule has 0 fully saturated rings. The lowest BCUT2D eigenvalue weighted by Crippen LogP contribution is -2.39. The lowest BCUT2D eigenvalue weighted by Gasteiger charge is -2.20. The maximum absolute atomic E-state index is 13.9. The molecule has 2 atom stereocenters. The summed E-state index contributed by atoms with van der Waals surface area (Å²) in [5.41, 5.74) is 13.2. The molecule has 5 aromatic rings. The number of carbonyl (C=O) groups excluding carboxylic acids is 2. The molecule has 0 aliphatic carbocycles. The molecular formula is C40H44N4O4S2. The van der Waals surface area contributed by atoms with Crippen LogP contribution in [-0.4, -0.2) is 61.5 Å². The van der Waals surface area contributed by atoms with Crippen LogP contribution in [0, 0.1) is 6.92 Å². The monoisotopic (exact) mass is 708 g/mol. The van der Waals surface area contributed by atoms with Crippen LogP contribution in [0.1, 0.15) is 63.0 Å². The lowest BCUT2D eigenvalue weighted by atomic mass is 9.98. The van der Waals surface area contributed by atoms with Crippen LogP contribution in [0.4, 0.5) is 0 Å². The number of carboxylic acid groups (broad SMARTS) is 1. The second kappa shape index (κ2) is 17.5. The molecule has 260 valence electrons.